The van der Waals surface area contributed by atoms with Crippen LogP contribution in [0.2, 0.25) is 10.0 Å². The molecule has 2 fully saturated rings. The quantitative estimate of drug-likeness (QED) is 0.163. The van der Waals surface area contributed by atoms with Gasteiger partial charge in [-0.25, -0.2) is 13.6 Å². The van der Waals surface area contributed by atoms with Crippen LogP contribution in [0.15, 0.2) is 84.3 Å². The van der Waals surface area contributed by atoms with Crippen molar-refractivity contribution in [2.75, 3.05) is 0 Å². The van der Waals surface area contributed by atoms with Gasteiger partial charge in [-0.2, -0.15) is 0 Å². The van der Waals surface area contributed by atoms with Crippen LogP contribution in [0.1, 0.15) is 115 Å². The molecule has 0 saturated heterocycles. The fourth-order valence-corrected chi connectivity index (χ4v) is 9.04. The maximum atomic E-state index is 15.4. The second-order valence-corrected chi connectivity index (χ2v) is 19.0. The first-order valence-corrected chi connectivity index (χ1v) is 20.9. The van der Waals surface area contributed by atoms with Gasteiger partial charge in [-0.3, -0.25) is 9.59 Å². The Labute approximate surface area is 358 Å². The second kappa shape index (κ2) is 14.8. The van der Waals surface area contributed by atoms with E-state index in [4.69, 9.17) is 42.1 Å². The van der Waals surface area contributed by atoms with Gasteiger partial charge < -0.3 is 18.9 Å². The van der Waals surface area contributed by atoms with Gasteiger partial charge >= 0.3 is 6.16 Å². The first-order chi connectivity index (χ1) is 28.1. The molecule has 60 heavy (non-hydrogen) atoms. The number of hydrogen-bond donors (Lipinski definition) is 0. The zero-order valence-electron chi connectivity index (χ0n) is 34.8. The van der Waals surface area contributed by atoms with E-state index in [0.29, 0.717) is 22.3 Å². The molecule has 7 nitrogen and oxygen atoms in total. The van der Waals surface area contributed by atoms with Crippen LogP contribution in [0.5, 0.6) is 0 Å². The van der Waals surface area contributed by atoms with Crippen LogP contribution < -0.4 is 0 Å². The molecule has 0 spiro atoms. The molecule has 0 amide bonds. The van der Waals surface area contributed by atoms with Crippen LogP contribution >= 0.6 is 23.2 Å². The number of rotatable bonds is 8. The van der Waals surface area contributed by atoms with E-state index in [2.05, 4.69) is 0 Å². The second-order valence-electron chi connectivity index (χ2n) is 18.2. The van der Waals surface area contributed by atoms with Gasteiger partial charge in [0.1, 0.15) is 34.0 Å². The highest BCUT2D eigenvalue weighted by Gasteiger charge is 2.52. The largest absolute Gasteiger partial charge is 0.519 e. The lowest BCUT2D eigenvalue weighted by Gasteiger charge is -2.43. The summed E-state index contributed by atoms with van der Waals surface area (Å²) in [5.74, 6) is -1.90. The van der Waals surface area contributed by atoms with Gasteiger partial charge in [0, 0.05) is 21.2 Å². The van der Waals surface area contributed by atoms with Crippen molar-refractivity contribution < 1.29 is 42.1 Å². The third-order valence-electron chi connectivity index (χ3n) is 11.7. The summed E-state index contributed by atoms with van der Waals surface area (Å²) in [6.45, 7) is 13.4. The van der Waals surface area contributed by atoms with Crippen molar-refractivity contribution in [2.24, 2.45) is 0 Å². The average molecular weight is 856 g/mol. The summed E-state index contributed by atoms with van der Waals surface area (Å²) in [5.41, 5.74) is -0.988. The summed E-state index contributed by atoms with van der Waals surface area (Å²) in [7, 11) is 0. The SMILES string of the molecule is CC1(C)OC(C)(C)C(OC(=O)OC2=C(c3cc(-c4ccc(Cl)cc4F)ccc3C3CC3)C(=O)C(C)(C)OC2(C)C)=C(c2cc(-c3ccc(Cl)cc3F)ccc2C2CC2)C1=O. The van der Waals surface area contributed by atoms with E-state index < -0.39 is 51.8 Å². The third-order valence-corrected chi connectivity index (χ3v) is 12.1. The Morgan fingerprint density at radius 3 is 1.25 bits per heavy atom. The minimum atomic E-state index is -1.36. The van der Waals surface area contributed by atoms with Crippen molar-refractivity contribution >= 4 is 52.1 Å². The highest BCUT2D eigenvalue weighted by Crippen LogP contribution is 2.51. The Hall–Kier alpha value is -4.67. The van der Waals surface area contributed by atoms with Crippen molar-refractivity contribution in [2.45, 2.75) is 115 Å². The summed E-state index contributed by atoms with van der Waals surface area (Å²) in [6.07, 6.45) is 2.31. The molecule has 4 aliphatic rings. The molecule has 0 N–H and O–H groups in total. The van der Waals surface area contributed by atoms with Gasteiger partial charge in [-0.05, 0) is 175 Å². The number of benzene rings is 4. The lowest BCUT2D eigenvalue weighted by molar-refractivity contribution is -0.161. The molecule has 312 valence electrons. The molecule has 0 bridgehead atoms. The van der Waals surface area contributed by atoms with Crippen molar-refractivity contribution in [1.29, 1.82) is 0 Å². The molecular weight excluding hydrogens is 809 g/mol. The zero-order valence-corrected chi connectivity index (χ0v) is 36.3. The van der Waals surface area contributed by atoms with Crippen LogP contribution in [-0.4, -0.2) is 40.1 Å². The van der Waals surface area contributed by atoms with Gasteiger partial charge in [-0.15, -0.1) is 0 Å². The third kappa shape index (κ3) is 7.74. The Morgan fingerprint density at radius 1 is 0.550 bits per heavy atom. The number of carbonyl (C=O) groups excluding carboxylic acids is 3. The molecular formula is C49H46Cl2F2O7. The predicted octanol–water partition coefficient (Wildman–Crippen LogP) is 12.9. The number of carbonyl (C=O) groups is 3. The van der Waals surface area contributed by atoms with E-state index in [1.54, 1.807) is 91.8 Å². The molecule has 4 aromatic rings. The normalized spacial score (nSPS) is 20.7. The molecule has 2 heterocycles. The Balaban J connectivity index is 1.28. The van der Waals surface area contributed by atoms with Crippen molar-refractivity contribution in [3.05, 3.63) is 128 Å². The molecule has 0 unspecified atom stereocenters. The lowest BCUT2D eigenvalue weighted by atomic mass is 9.80. The number of Topliss-reactive ketones (excluding diaryl/α,β-unsaturated/α-hetero) is 2. The van der Waals surface area contributed by atoms with Gasteiger partial charge in [0.25, 0.3) is 0 Å². The van der Waals surface area contributed by atoms with Gasteiger partial charge in [-0.1, -0.05) is 47.5 Å². The molecule has 2 saturated carbocycles. The van der Waals surface area contributed by atoms with Crippen molar-refractivity contribution in [3.63, 3.8) is 0 Å². The Kier molecular flexibility index (Phi) is 10.3. The van der Waals surface area contributed by atoms with Crippen molar-refractivity contribution in [1.82, 2.24) is 0 Å². The van der Waals surface area contributed by atoms with Crippen molar-refractivity contribution in [3.8, 4) is 22.3 Å². The summed E-state index contributed by atoms with van der Waals surface area (Å²) >= 11 is 12.2. The van der Waals surface area contributed by atoms with Crippen LogP contribution in [-0.2, 0) is 28.5 Å². The number of ketones is 2. The molecule has 4 aromatic carbocycles. The maximum absolute atomic E-state index is 15.4. The standard InChI is InChI=1S/C49H46Cl2F2O7/c1-46(2)41(54)39(35-21-27(13-17-31(35)25-9-10-25)33-19-15-29(50)23-37(33)52)43(48(5,6)59-46)57-45(56)58-44-40(42(55)47(3,4)60-49(44,7)8)36-22-28(14-18-32(36)26-11-12-26)34-20-16-30(51)24-38(34)53/h13-26H,9-12H2,1-8H3. The van der Waals surface area contributed by atoms with E-state index in [1.165, 1.54) is 12.1 Å². The summed E-state index contributed by atoms with van der Waals surface area (Å²) < 4.78 is 55.7. The van der Waals surface area contributed by atoms with Crippen LogP contribution in [0.3, 0.4) is 0 Å². The fraction of sp³-hybridized carbons (Fsp3) is 0.367. The molecule has 2 aliphatic carbocycles. The number of halogens is 4. The summed E-state index contributed by atoms with van der Waals surface area (Å²) in [5, 5.41) is 0.487. The molecule has 11 heteroatoms. The molecule has 0 radical (unpaired) electrons. The van der Waals surface area contributed by atoms with E-state index in [-0.39, 0.29) is 55.7 Å². The van der Waals surface area contributed by atoms with Gasteiger partial charge in [0.2, 0.25) is 0 Å². The van der Waals surface area contributed by atoms with Gasteiger partial charge in [0.05, 0.1) is 11.1 Å². The van der Waals surface area contributed by atoms with E-state index >= 15 is 8.78 Å². The van der Waals surface area contributed by atoms with Crippen LogP contribution in [0, 0.1) is 11.6 Å². The highest BCUT2D eigenvalue weighted by molar-refractivity contribution is 6.31. The molecule has 0 atom stereocenters. The highest BCUT2D eigenvalue weighted by atomic mass is 35.5. The molecule has 0 aromatic heterocycles. The fourth-order valence-electron chi connectivity index (χ4n) is 8.72. The zero-order chi connectivity index (χ0) is 43.3. The average Bonchev–Trinajstić information content (AvgIpc) is 4.08. The predicted molar refractivity (Wildman–Crippen MR) is 228 cm³/mol. The minimum absolute atomic E-state index is 0.102. The van der Waals surface area contributed by atoms with E-state index in [0.717, 1.165) is 36.8 Å². The van der Waals surface area contributed by atoms with E-state index in [1.807, 2.05) is 24.3 Å². The van der Waals surface area contributed by atoms with Gasteiger partial charge in [0.15, 0.2) is 23.1 Å². The Bertz CT molecular complexity index is 2400. The maximum Gasteiger partial charge on any atom is 0.519 e. The van der Waals surface area contributed by atoms with Crippen LogP contribution in [0.25, 0.3) is 33.4 Å². The summed E-state index contributed by atoms with van der Waals surface area (Å²) in [6, 6.07) is 19.7. The topological polar surface area (TPSA) is 88.1 Å². The number of hydrogen-bond acceptors (Lipinski definition) is 7. The first-order valence-electron chi connectivity index (χ1n) is 20.2. The number of ether oxygens (including phenoxy) is 4. The smallest absolute Gasteiger partial charge is 0.395 e. The monoisotopic (exact) mass is 854 g/mol. The minimum Gasteiger partial charge on any atom is -0.395 e. The lowest BCUT2D eigenvalue weighted by Crippen LogP contribution is -2.51. The molecule has 8 rings (SSSR count). The Morgan fingerprint density at radius 2 is 0.917 bits per heavy atom. The van der Waals surface area contributed by atoms with E-state index in [9.17, 15) is 14.4 Å². The summed E-state index contributed by atoms with van der Waals surface area (Å²) in [4.78, 5) is 43.7. The molecule has 2 aliphatic heterocycles. The van der Waals surface area contributed by atoms with Crippen LogP contribution in [0.4, 0.5) is 13.6 Å². The first kappa shape index (κ1) is 42.0.